The summed E-state index contributed by atoms with van der Waals surface area (Å²) in [6.07, 6.45) is 1.32. The van der Waals surface area contributed by atoms with Gasteiger partial charge in [-0.05, 0) is 18.2 Å². The summed E-state index contributed by atoms with van der Waals surface area (Å²) in [6, 6.07) is 13.2. The molecule has 0 atom stereocenters. The topological polar surface area (TPSA) is 108 Å². The lowest BCUT2D eigenvalue weighted by Gasteiger charge is -2.12. The van der Waals surface area contributed by atoms with Crippen molar-refractivity contribution < 1.29 is 9.59 Å². The molecular weight excluding hydrogens is 434 g/mol. The maximum Gasteiger partial charge on any atom is 0.332 e. The van der Waals surface area contributed by atoms with E-state index in [4.69, 9.17) is 11.6 Å². The van der Waals surface area contributed by atoms with Gasteiger partial charge in [0.2, 0.25) is 5.91 Å². The fraction of sp³-hybridized carbons (Fsp3) is 0.136. The second kappa shape index (κ2) is 8.27. The number of hydrogen-bond acceptors (Lipinski definition) is 5. The van der Waals surface area contributed by atoms with Crippen molar-refractivity contribution in [1.82, 2.24) is 18.7 Å². The number of rotatable bonds is 5. The molecule has 0 bridgehead atoms. The van der Waals surface area contributed by atoms with E-state index >= 15 is 0 Å². The van der Waals surface area contributed by atoms with Crippen molar-refractivity contribution in [3.8, 4) is 0 Å². The number of amides is 1. The molecule has 0 spiro atoms. The van der Waals surface area contributed by atoms with Gasteiger partial charge in [0.25, 0.3) is 5.56 Å². The van der Waals surface area contributed by atoms with Crippen LogP contribution in [0.1, 0.15) is 15.9 Å². The SMILES string of the molecule is Cn1c(=O)c2c(ncn2CC(=O)Nc2ccc(Cl)cc2C(=O)c2ccccc2)n(C)c1=O. The van der Waals surface area contributed by atoms with Crippen LogP contribution in [0, 0.1) is 0 Å². The van der Waals surface area contributed by atoms with Crippen molar-refractivity contribution in [3.63, 3.8) is 0 Å². The summed E-state index contributed by atoms with van der Waals surface area (Å²) in [6.45, 7) is -0.245. The van der Waals surface area contributed by atoms with E-state index in [1.54, 1.807) is 42.5 Å². The molecule has 0 radical (unpaired) electrons. The maximum atomic E-state index is 12.9. The molecule has 0 saturated heterocycles. The van der Waals surface area contributed by atoms with Gasteiger partial charge in [-0.15, -0.1) is 0 Å². The smallest absolute Gasteiger partial charge is 0.324 e. The average molecular weight is 452 g/mol. The maximum absolute atomic E-state index is 12.9. The van der Waals surface area contributed by atoms with Crippen LogP contribution in [0.5, 0.6) is 0 Å². The average Bonchev–Trinajstić information content (AvgIpc) is 3.21. The van der Waals surface area contributed by atoms with Crippen LogP contribution >= 0.6 is 11.6 Å². The van der Waals surface area contributed by atoms with E-state index in [1.807, 2.05) is 0 Å². The molecule has 32 heavy (non-hydrogen) atoms. The molecule has 9 nitrogen and oxygen atoms in total. The fourth-order valence-corrected chi connectivity index (χ4v) is 3.59. The van der Waals surface area contributed by atoms with E-state index in [1.165, 1.54) is 35.6 Å². The summed E-state index contributed by atoms with van der Waals surface area (Å²) in [5.41, 5.74) is 0.222. The number of ketones is 1. The third-order valence-corrected chi connectivity index (χ3v) is 5.30. The van der Waals surface area contributed by atoms with Crippen molar-refractivity contribution in [2.45, 2.75) is 6.54 Å². The Hall–Kier alpha value is -3.98. The van der Waals surface area contributed by atoms with Crippen LogP contribution in [0.2, 0.25) is 5.02 Å². The Kier molecular flexibility index (Phi) is 5.50. The number of carbonyl (C=O) groups is 2. The lowest BCUT2D eigenvalue weighted by Crippen LogP contribution is -2.37. The predicted octanol–water partition coefficient (Wildman–Crippen LogP) is 1.96. The number of hydrogen-bond donors (Lipinski definition) is 1. The number of carbonyl (C=O) groups excluding carboxylic acids is 2. The third-order valence-electron chi connectivity index (χ3n) is 5.07. The predicted molar refractivity (Wildman–Crippen MR) is 120 cm³/mol. The Morgan fingerprint density at radius 3 is 2.47 bits per heavy atom. The summed E-state index contributed by atoms with van der Waals surface area (Å²) < 4.78 is 3.55. The molecular formula is C22H18ClN5O4. The Labute approximate surface area is 186 Å². The summed E-state index contributed by atoms with van der Waals surface area (Å²) in [4.78, 5) is 54.5. The molecule has 162 valence electrons. The number of nitrogens with zero attached hydrogens (tertiary/aromatic N) is 4. The number of imidazole rings is 1. The van der Waals surface area contributed by atoms with Crippen LogP contribution in [0.25, 0.3) is 11.2 Å². The molecule has 0 aliphatic carbocycles. The Bertz CT molecular complexity index is 1480. The summed E-state index contributed by atoms with van der Waals surface area (Å²) in [7, 11) is 2.85. The third kappa shape index (κ3) is 3.74. The minimum Gasteiger partial charge on any atom is -0.324 e. The minimum atomic E-state index is -0.556. The highest BCUT2D eigenvalue weighted by molar-refractivity contribution is 6.31. The highest BCUT2D eigenvalue weighted by atomic mass is 35.5. The molecule has 10 heteroatoms. The number of aryl methyl sites for hydroxylation is 1. The number of halogens is 1. The van der Waals surface area contributed by atoms with E-state index in [2.05, 4.69) is 10.3 Å². The monoisotopic (exact) mass is 451 g/mol. The van der Waals surface area contributed by atoms with Gasteiger partial charge in [-0.25, -0.2) is 9.78 Å². The second-order valence-electron chi connectivity index (χ2n) is 7.18. The first-order valence-corrected chi connectivity index (χ1v) is 9.95. The largest absolute Gasteiger partial charge is 0.332 e. The molecule has 4 rings (SSSR count). The standard InChI is InChI=1S/C22H18ClN5O4/c1-26-20-18(21(31)27(2)22(26)32)28(12-24-20)11-17(29)25-16-9-8-14(23)10-15(16)19(30)13-6-4-3-5-7-13/h3-10,12H,11H2,1-2H3,(H,25,29). The van der Waals surface area contributed by atoms with Gasteiger partial charge in [-0.2, -0.15) is 0 Å². The lowest BCUT2D eigenvalue weighted by molar-refractivity contribution is -0.116. The van der Waals surface area contributed by atoms with Gasteiger partial charge in [-0.1, -0.05) is 41.9 Å². The summed E-state index contributed by atoms with van der Waals surface area (Å²) in [5, 5.41) is 3.06. The molecule has 0 fully saturated rings. The van der Waals surface area contributed by atoms with Gasteiger partial charge in [0.1, 0.15) is 6.54 Å². The Balaban J connectivity index is 1.66. The minimum absolute atomic E-state index is 0.126. The molecule has 2 aromatic carbocycles. The lowest BCUT2D eigenvalue weighted by atomic mass is 10.0. The van der Waals surface area contributed by atoms with Crippen LogP contribution < -0.4 is 16.6 Å². The van der Waals surface area contributed by atoms with Crippen LogP contribution in [-0.2, 0) is 25.4 Å². The van der Waals surface area contributed by atoms with E-state index < -0.39 is 17.2 Å². The number of anilines is 1. The zero-order valence-electron chi connectivity index (χ0n) is 17.2. The van der Waals surface area contributed by atoms with Gasteiger partial charge in [0.05, 0.1) is 12.0 Å². The summed E-state index contributed by atoms with van der Waals surface area (Å²) in [5.74, 6) is -0.773. The van der Waals surface area contributed by atoms with Crippen molar-refractivity contribution in [2.24, 2.45) is 14.1 Å². The Morgan fingerprint density at radius 1 is 1.03 bits per heavy atom. The number of benzene rings is 2. The molecule has 0 unspecified atom stereocenters. The molecule has 1 amide bonds. The van der Waals surface area contributed by atoms with Crippen molar-refractivity contribution in [1.29, 1.82) is 0 Å². The van der Waals surface area contributed by atoms with E-state index in [0.29, 0.717) is 10.6 Å². The molecule has 2 heterocycles. The molecule has 4 aromatic rings. The van der Waals surface area contributed by atoms with Crippen LogP contribution in [0.15, 0.2) is 64.4 Å². The molecule has 0 aliphatic heterocycles. The molecule has 0 aliphatic rings. The van der Waals surface area contributed by atoms with Gasteiger partial charge in [0.15, 0.2) is 16.9 Å². The first-order chi connectivity index (χ1) is 15.3. The van der Waals surface area contributed by atoms with Crippen LogP contribution in [0.4, 0.5) is 5.69 Å². The highest BCUT2D eigenvalue weighted by Gasteiger charge is 2.19. The first-order valence-electron chi connectivity index (χ1n) is 9.58. The number of nitrogens with one attached hydrogen (secondary N) is 1. The zero-order valence-corrected chi connectivity index (χ0v) is 18.0. The second-order valence-corrected chi connectivity index (χ2v) is 7.62. The molecule has 2 aromatic heterocycles. The van der Waals surface area contributed by atoms with E-state index in [-0.39, 0.29) is 34.7 Å². The van der Waals surface area contributed by atoms with Crippen LogP contribution in [-0.4, -0.2) is 30.4 Å². The van der Waals surface area contributed by atoms with Gasteiger partial charge in [-0.3, -0.25) is 23.5 Å². The van der Waals surface area contributed by atoms with Crippen LogP contribution in [0.3, 0.4) is 0 Å². The number of aromatic nitrogens is 4. The van der Waals surface area contributed by atoms with Gasteiger partial charge < -0.3 is 9.88 Å². The van der Waals surface area contributed by atoms with E-state index in [0.717, 1.165) is 4.57 Å². The quantitative estimate of drug-likeness (QED) is 0.467. The van der Waals surface area contributed by atoms with Crippen molar-refractivity contribution >= 4 is 40.1 Å². The van der Waals surface area contributed by atoms with Crippen molar-refractivity contribution in [2.75, 3.05) is 5.32 Å². The van der Waals surface area contributed by atoms with Crippen molar-refractivity contribution in [3.05, 3.63) is 91.8 Å². The molecule has 1 N–H and O–H groups in total. The van der Waals surface area contributed by atoms with E-state index in [9.17, 15) is 19.2 Å². The normalized spacial score (nSPS) is 11.0. The number of fused-ring (bicyclic) bond motifs is 1. The van der Waals surface area contributed by atoms with Gasteiger partial charge in [0, 0.05) is 30.2 Å². The fourth-order valence-electron chi connectivity index (χ4n) is 3.42. The first kappa shape index (κ1) is 21.3. The highest BCUT2D eigenvalue weighted by Crippen LogP contribution is 2.24. The zero-order chi connectivity index (χ0) is 23.0. The molecule has 0 saturated carbocycles. The Morgan fingerprint density at radius 2 is 1.75 bits per heavy atom. The summed E-state index contributed by atoms with van der Waals surface area (Å²) >= 11 is 6.08. The van der Waals surface area contributed by atoms with Gasteiger partial charge >= 0.3 is 5.69 Å².